The lowest BCUT2D eigenvalue weighted by Gasteiger charge is -2.23. The minimum Gasteiger partial charge on any atom is -0.459 e. The number of amides is 2. The highest BCUT2D eigenvalue weighted by molar-refractivity contribution is 5.89. The fourth-order valence-corrected chi connectivity index (χ4v) is 3.75. The monoisotopic (exact) mass is 502 g/mol. The fraction of sp³-hybridized carbons (Fsp3) is 0.300. The third kappa shape index (κ3) is 9.80. The van der Waals surface area contributed by atoms with Crippen LogP contribution in [0.4, 0.5) is 4.79 Å². The highest BCUT2D eigenvalue weighted by Gasteiger charge is 2.29. The van der Waals surface area contributed by atoms with Gasteiger partial charge < -0.3 is 20.1 Å². The molecule has 0 bridgehead atoms. The maximum atomic E-state index is 13.3. The number of hydrogen-bond acceptors (Lipinski definition) is 5. The summed E-state index contributed by atoms with van der Waals surface area (Å²) < 4.78 is 10.8. The first kappa shape index (κ1) is 27.5. The second-order valence-electron chi connectivity index (χ2n) is 9.23. The number of alkyl carbamates (subject to hydrolysis) is 1. The van der Waals surface area contributed by atoms with Gasteiger partial charge in [-0.1, -0.05) is 105 Å². The summed E-state index contributed by atoms with van der Waals surface area (Å²) in [5.41, 5.74) is 2.55. The van der Waals surface area contributed by atoms with Gasteiger partial charge in [-0.2, -0.15) is 0 Å². The zero-order chi connectivity index (χ0) is 26.5. The molecule has 0 aliphatic rings. The van der Waals surface area contributed by atoms with Crippen LogP contribution in [0.3, 0.4) is 0 Å². The summed E-state index contributed by atoms with van der Waals surface area (Å²) in [5, 5.41) is 5.47. The average Bonchev–Trinajstić information content (AvgIpc) is 2.91. The molecule has 0 heterocycles. The molecule has 3 rings (SSSR count). The molecule has 0 spiro atoms. The Balaban J connectivity index is 1.67. The largest absolute Gasteiger partial charge is 0.459 e. The smallest absolute Gasteiger partial charge is 0.408 e. The summed E-state index contributed by atoms with van der Waals surface area (Å²) in [4.78, 5) is 38.8. The molecule has 194 valence electrons. The van der Waals surface area contributed by atoms with Crippen molar-refractivity contribution in [2.75, 3.05) is 0 Å². The Bertz CT molecular complexity index is 1120. The maximum Gasteiger partial charge on any atom is 0.408 e. The van der Waals surface area contributed by atoms with E-state index in [2.05, 4.69) is 10.6 Å². The van der Waals surface area contributed by atoms with E-state index in [-0.39, 0.29) is 25.6 Å². The number of benzene rings is 3. The van der Waals surface area contributed by atoms with Crippen molar-refractivity contribution < 1.29 is 23.9 Å². The van der Waals surface area contributed by atoms with Crippen LogP contribution in [0.2, 0.25) is 0 Å². The Morgan fingerprint density at radius 2 is 1.14 bits per heavy atom. The number of esters is 1. The lowest BCUT2D eigenvalue weighted by molar-refractivity contribution is -0.149. The minimum atomic E-state index is -0.942. The van der Waals surface area contributed by atoms with Gasteiger partial charge in [0.1, 0.15) is 25.3 Å². The average molecular weight is 503 g/mol. The molecule has 0 saturated heterocycles. The topological polar surface area (TPSA) is 93.7 Å². The summed E-state index contributed by atoms with van der Waals surface area (Å²) in [6.45, 7) is 4.12. The predicted molar refractivity (Wildman–Crippen MR) is 141 cm³/mol. The SMILES string of the molecule is CC(C)C[C@H](NC(=O)[C@H](Cc1ccccc1)NC(=O)OCc1ccccc1)C(=O)OCc1ccccc1. The Morgan fingerprint density at radius 1 is 0.649 bits per heavy atom. The van der Waals surface area contributed by atoms with E-state index >= 15 is 0 Å². The van der Waals surface area contributed by atoms with Crippen LogP contribution in [0.15, 0.2) is 91.0 Å². The maximum absolute atomic E-state index is 13.3. The fourth-order valence-electron chi connectivity index (χ4n) is 3.75. The highest BCUT2D eigenvalue weighted by atomic mass is 16.5. The van der Waals surface area contributed by atoms with Crippen molar-refractivity contribution in [2.24, 2.45) is 5.92 Å². The van der Waals surface area contributed by atoms with E-state index < -0.39 is 30.1 Å². The van der Waals surface area contributed by atoms with Gasteiger partial charge in [-0.05, 0) is 29.0 Å². The van der Waals surface area contributed by atoms with Crippen LogP contribution in [0.1, 0.15) is 37.0 Å². The molecule has 0 fully saturated rings. The van der Waals surface area contributed by atoms with Crippen molar-refractivity contribution in [1.29, 1.82) is 0 Å². The third-order valence-corrected chi connectivity index (χ3v) is 5.64. The van der Waals surface area contributed by atoms with Crippen molar-refractivity contribution in [3.8, 4) is 0 Å². The first-order valence-electron chi connectivity index (χ1n) is 12.4. The van der Waals surface area contributed by atoms with Gasteiger partial charge in [0.05, 0.1) is 0 Å². The van der Waals surface area contributed by atoms with Crippen LogP contribution in [0, 0.1) is 5.92 Å². The molecular weight excluding hydrogens is 468 g/mol. The van der Waals surface area contributed by atoms with Crippen molar-refractivity contribution in [1.82, 2.24) is 10.6 Å². The summed E-state index contributed by atoms with van der Waals surface area (Å²) in [6.07, 6.45) is -0.0804. The van der Waals surface area contributed by atoms with Crippen LogP contribution in [0.25, 0.3) is 0 Å². The van der Waals surface area contributed by atoms with E-state index in [4.69, 9.17) is 9.47 Å². The van der Waals surface area contributed by atoms with Crippen LogP contribution in [0.5, 0.6) is 0 Å². The van der Waals surface area contributed by atoms with Crippen LogP contribution >= 0.6 is 0 Å². The normalized spacial score (nSPS) is 12.3. The molecule has 7 nitrogen and oxygen atoms in total. The molecule has 7 heteroatoms. The molecular formula is C30H34N2O5. The molecule has 2 amide bonds. The summed E-state index contributed by atoms with van der Waals surface area (Å²) in [7, 11) is 0. The van der Waals surface area contributed by atoms with E-state index in [1.807, 2.05) is 105 Å². The molecule has 3 aromatic rings. The van der Waals surface area contributed by atoms with E-state index in [1.54, 1.807) is 0 Å². The zero-order valence-corrected chi connectivity index (χ0v) is 21.3. The van der Waals surface area contributed by atoms with Crippen LogP contribution < -0.4 is 10.6 Å². The second-order valence-corrected chi connectivity index (χ2v) is 9.23. The number of nitrogens with one attached hydrogen (secondary N) is 2. The van der Waals surface area contributed by atoms with Gasteiger partial charge in [-0.15, -0.1) is 0 Å². The quantitative estimate of drug-likeness (QED) is 0.347. The molecule has 0 unspecified atom stereocenters. The van der Waals surface area contributed by atoms with Crippen LogP contribution in [-0.4, -0.2) is 30.1 Å². The summed E-state index contributed by atoms with van der Waals surface area (Å²) in [5.74, 6) is -0.871. The van der Waals surface area contributed by atoms with Gasteiger partial charge >= 0.3 is 12.1 Å². The first-order chi connectivity index (χ1) is 17.9. The van der Waals surface area contributed by atoms with Gasteiger partial charge in [-0.25, -0.2) is 9.59 Å². The Labute approximate surface area is 218 Å². The number of hydrogen-bond donors (Lipinski definition) is 2. The number of carbonyl (C=O) groups excluding carboxylic acids is 3. The molecule has 3 aromatic carbocycles. The molecule has 37 heavy (non-hydrogen) atoms. The van der Waals surface area contributed by atoms with Crippen molar-refractivity contribution in [2.45, 2.75) is 52.0 Å². The Morgan fingerprint density at radius 3 is 1.65 bits per heavy atom. The Kier molecular flexibility index (Phi) is 10.7. The van der Waals surface area contributed by atoms with Gasteiger partial charge in [0.25, 0.3) is 0 Å². The second kappa shape index (κ2) is 14.4. The molecule has 0 radical (unpaired) electrons. The minimum absolute atomic E-state index is 0.0775. The molecule has 0 saturated carbocycles. The summed E-state index contributed by atoms with van der Waals surface area (Å²) >= 11 is 0. The van der Waals surface area contributed by atoms with E-state index in [0.717, 1.165) is 16.7 Å². The number of carbonyl (C=O) groups is 3. The molecule has 0 aliphatic heterocycles. The predicted octanol–water partition coefficient (Wildman–Crippen LogP) is 4.80. The van der Waals surface area contributed by atoms with E-state index in [0.29, 0.717) is 6.42 Å². The zero-order valence-electron chi connectivity index (χ0n) is 21.3. The van der Waals surface area contributed by atoms with Gasteiger partial charge in [-0.3, -0.25) is 4.79 Å². The standard InChI is InChI=1S/C30H34N2O5/c1-22(2)18-27(29(34)36-20-24-14-8-4-9-15-24)31-28(33)26(19-23-12-6-3-7-13-23)32-30(35)37-21-25-16-10-5-11-17-25/h3-17,22,26-27H,18-21H2,1-2H3,(H,31,33)(H,32,35)/t26-,27-/m0/s1. The lowest BCUT2D eigenvalue weighted by Crippen LogP contribution is -2.53. The van der Waals surface area contributed by atoms with Crippen LogP contribution in [-0.2, 0) is 38.7 Å². The van der Waals surface area contributed by atoms with Gasteiger partial charge in [0.2, 0.25) is 5.91 Å². The third-order valence-electron chi connectivity index (χ3n) is 5.64. The van der Waals surface area contributed by atoms with E-state index in [1.165, 1.54) is 0 Å². The molecule has 2 atom stereocenters. The first-order valence-corrected chi connectivity index (χ1v) is 12.4. The number of ether oxygens (including phenoxy) is 2. The van der Waals surface area contributed by atoms with Crippen molar-refractivity contribution in [3.63, 3.8) is 0 Å². The lowest BCUT2D eigenvalue weighted by atomic mass is 10.0. The molecule has 0 aliphatic carbocycles. The van der Waals surface area contributed by atoms with Gasteiger partial charge in [0, 0.05) is 6.42 Å². The van der Waals surface area contributed by atoms with Crippen molar-refractivity contribution >= 4 is 18.0 Å². The Hall–Kier alpha value is -4.13. The summed E-state index contributed by atoms with van der Waals surface area (Å²) in [6, 6.07) is 26.2. The van der Waals surface area contributed by atoms with E-state index in [9.17, 15) is 14.4 Å². The molecule has 0 aromatic heterocycles. The number of rotatable bonds is 12. The van der Waals surface area contributed by atoms with Crippen molar-refractivity contribution in [3.05, 3.63) is 108 Å². The molecule has 2 N–H and O–H groups in total. The van der Waals surface area contributed by atoms with Gasteiger partial charge in [0.15, 0.2) is 0 Å². The highest BCUT2D eigenvalue weighted by Crippen LogP contribution is 2.11.